The Morgan fingerprint density at radius 3 is 2.20 bits per heavy atom. The van der Waals surface area contributed by atoms with Crippen LogP contribution in [0.25, 0.3) is 0 Å². The summed E-state index contributed by atoms with van der Waals surface area (Å²) in [5.74, 6) is -0.890. The van der Waals surface area contributed by atoms with Crippen molar-refractivity contribution in [2.75, 3.05) is 19.5 Å². The predicted octanol–water partition coefficient (Wildman–Crippen LogP) is 2.53. The van der Waals surface area contributed by atoms with E-state index in [-0.39, 0.29) is 16.2 Å². The number of hydrogen-bond donors (Lipinski definition) is 3. The van der Waals surface area contributed by atoms with Gasteiger partial charge in [-0.15, -0.1) is 0 Å². The minimum absolute atomic E-state index is 0.0143. The topological polar surface area (TPSA) is 96.9 Å². The first-order valence-corrected chi connectivity index (χ1v) is 7.53. The second-order valence-electron chi connectivity index (χ2n) is 4.83. The van der Waals surface area contributed by atoms with Crippen LogP contribution in [-0.4, -0.2) is 36.3 Å². The Labute approximate surface area is 149 Å². The molecule has 1 amide bonds. The molecule has 0 radical (unpaired) electrons. The first-order valence-electron chi connectivity index (χ1n) is 7.13. The molecule has 0 aliphatic carbocycles. The number of aromatic carboxylic acids is 1. The van der Waals surface area contributed by atoms with Crippen LogP contribution in [0, 0.1) is 0 Å². The van der Waals surface area contributed by atoms with Crippen LogP contribution in [-0.2, 0) is 0 Å². The molecule has 2 aromatic carbocycles. The normalized spacial score (nSPS) is 9.84. The summed E-state index contributed by atoms with van der Waals surface area (Å²) in [6, 6.07) is 11.0. The number of carbonyl (C=O) groups excluding carboxylic acids is 1. The molecule has 0 unspecified atom stereocenters. The van der Waals surface area contributed by atoms with E-state index < -0.39 is 11.9 Å². The third kappa shape index (κ3) is 4.45. The van der Waals surface area contributed by atoms with Gasteiger partial charge < -0.3 is 19.9 Å². The smallest absolute Gasteiger partial charge is 0.335 e. The van der Waals surface area contributed by atoms with Crippen molar-refractivity contribution in [1.29, 1.82) is 0 Å². The zero-order chi connectivity index (χ0) is 18.4. The van der Waals surface area contributed by atoms with Gasteiger partial charge in [-0.1, -0.05) is 12.1 Å². The zero-order valence-corrected chi connectivity index (χ0v) is 14.3. The van der Waals surface area contributed by atoms with E-state index in [0.717, 1.165) is 0 Å². The molecule has 0 fully saturated rings. The number of nitrogens with one attached hydrogen (secondary N) is 2. The van der Waals surface area contributed by atoms with Crippen molar-refractivity contribution in [2.24, 2.45) is 0 Å². The molecule has 3 N–H and O–H groups in total. The van der Waals surface area contributed by atoms with Gasteiger partial charge in [0.1, 0.15) is 17.1 Å². The van der Waals surface area contributed by atoms with Crippen LogP contribution < -0.4 is 20.1 Å². The molecule has 7 nitrogen and oxygen atoms in total. The fraction of sp³-hybridized carbons (Fsp3) is 0.118. The molecular weight excluding hydrogens is 344 g/mol. The number of carbonyl (C=O) groups is 2. The fourth-order valence-corrected chi connectivity index (χ4v) is 2.34. The Morgan fingerprint density at radius 1 is 1.04 bits per heavy atom. The van der Waals surface area contributed by atoms with Crippen LogP contribution in [0.3, 0.4) is 0 Å². The van der Waals surface area contributed by atoms with Crippen LogP contribution >= 0.6 is 12.2 Å². The first kappa shape index (κ1) is 18.2. The summed E-state index contributed by atoms with van der Waals surface area (Å²) in [7, 11) is 2.89. The lowest BCUT2D eigenvalue weighted by Crippen LogP contribution is -2.34. The Balaban J connectivity index is 2.15. The Morgan fingerprint density at radius 2 is 1.64 bits per heavy atom. The summed E-state index contributed by atoms with van der Waals surface area (Å²) in [5, 5.41) is 14.3. The van der Waals surface area contributed by atoms with Gasteiger partial charge >= 0.3 is 5.97 Å². The highest BCUT2D eigenvalue weighted by Gasteiger charge is 2.19. The second-order valence-corrected chi connectivity index (χ2v) is 5.24. The summed E-state index contributed by atoms with van der Waals surface area (Å²) >= 11 is 5.11. The monoisotopic (exact) mass is 360 g/mol. The molecule has 0 aliphatic rings. The maximum atomic E-state index is 12.5. The average Bonchev–Trinajstić information content (AvgIpc) is 2.60. The van der Waals surface area contributed by atoms with Crippen LogP contribution in [0.2, 0.25) is 0 Å². The van der Waals surface area contributed by atoms with E-state index in [9.17, 15) is 9.59 Å². The molecule has 130 valence electrons. The standard InChI is InChI=1S/C17H16N2O5S/c1-23-12-7-4-8-13(24-2)14(12)15(20)19-17(25)18-11-6-3-5-10(9-11)16(21)22/h3-9H,1-2H3,(H,21,22)(H2,18,19,20,25). The van der Waals surface area contributed by atoms with Gasteiger partial charge in [0.2, 0.25) is 0 Å². The van der Waals surface area contributed by atoms with Gasteiger partial charge in [0.15, 0.2) is 5.11 Å². The zero-order valence-electron chi connectivity index (χ0n) is 13.5. The highest BCUT2D eigenvalue weighted by molar-refractivity contribution is 7.80. The number of anilines is 1. The van der Waals surface area contributed by atoms with Crippen molar-refractivity contribution in [2.45, 2.75) is 0 Å². The molecule has 2 rings (SSSR count). The van der Waals surface area contributed by atoms with Gasteiger partial charge in [0, 0.05) is 5.69 Å². The summed E-state index contributed by atoms with van der Waals surface area (Å²) in [5.41, 5.74) is 0.749. The predicted molar refractivity (Wildman–Crippen MR) is 96.6 cm³/mol. The summed E-state index contributed by atoms with van der Waals surface area (Å²) in [6.45, 7) is 0. The second kappa shape index (κ2) is 8.11. The highest BCUT2D eigenvalue weighted by atomic mass is 32.1. The molecule has 2 aromatic rings. The van der Waals surface area contributed by atoms with Gasteiger partial charge in [0.25, 0.3) is 5.91 Å². The quantitative estimate of drug-likeness (QED) is 0.705. The maximum Gasteiger partial charge on any atom is 0.335 e. The number of thiocarbonyl (C=S) groups is 1. The highest BCUT2D eigenvalue weighted by Crippen LogP contribution is 2.27. The first-order chi connectivity index (χ1) is 12.0. The number of benzene rings is 2. The summed E-state index contributed by atoms with van der Waals surface area (Å²) < 4.78 is 10.4. The molecule has 0 spiro atoms. The van der Waals surface area contributed by atoms with Crippen LogP contribution in [0.1, 0.15) is 20.7 Å². The number of hydrogen-bond acceptors (Lipinski definition) is 5. The molecule has 0 heterocycles. The van der Waals surface area contributed by atoms with Crippen molar-refractivity contribution in [3.05, 3.63) is 53.6 Å². The lowest BCUT2D eigenvalue weighted by atomic mass is 10.1. The van der Waals surface area contributed by atoms with Crippen molar-refractivity contribution in [3.8, 4) is 11.5 Å². The summed E-state index contributed by atoms with van der Waals surface area (Å²) in [6.07, 6.45) is 0. The molecular formula is C17H16N2O5S. The van der Waals surface area contributed by atoms with Crippen LogP contribution in [0.4, 0.5) is 5.69 Å². The average molecular weight is 360 g/mol. The minimum Gasteiger partial charge on any atom is -0.496 e. The third-order valence-corrected chi connectivity index (χ3v) is 3.45. The molecule has 0 aliphatic heterocycles. The van der Waals surface area contributed by atoms with E-state index >= 15 is 0 Å². The maximum absolute atomic E-state index is 12.5. The van der Waals surface area contributed by atoms with Gasteiger partial charge in [-0.25, -0.2) is 4.79 Å². The van der Waals surface area contributed by atoms with E-state index in [0.29, 0.717) is 17.2 Å². The van der Waals surface area contributed by atoms with E-state index in [4.69, 9.17) is 26.8 Å². The molecule has 0 aromatic heterocycles. The van der Waals surface area contributed by atoms with Gasteiger partial charge in [-0.2, -0.15) is 0 Å². The van der Waals surface area contributed by atoms with Crippen molar-refractivity contribution in [1.82, 2.24) is 5.32 Å². The number of rotatable bonds is 5. The lowest BCUT2D eigenvalue weighted by Gasteiger charge is -2.14. The van der Waals surface area contributed by atoms with E-state index in [2.05, 4.69) is 10.6 Å². The van der Waals surface area contributed by atoms with Gasteiger partial charge in [0.05, 0.1) is 19.8 Å². The molecule has 0 saturated carbocycles. The molecule has 8 heteroatoms. The van der Waals surface area contributed by atoms with E-state index in [1.54, 1.807) is 30.3 Å². The Kier molecular flexibility index (Phi) is 5.91. The Bertz CT molecular complexity index is 800. The number of amides is 1. The number of carboxylic acids is 1. The van der Waals surface area contributed by atoms with Gasteiger partial charge in [-0.3, -0.25) is 10.1 Å². The Hall–Kier alpha value is -3.13. The summed E-state index contributed by atoms with van der Waals surface area (Å²) in [4.78, 5) is 23.5. The lowest BCUT2D eigenvalue weighted by molar-refractivity contribution is 0.0696. The van der Waals surface area contributed by atoms with Crippen molar-refractivity contribution in [3.63, 3.8) is 0 Å². The van der Waals surface area contributed by atoms with E-state index in [1.807, 2.05) is 0 Å². The van der Waals surface area contributed by atoms with Crippen LogP contribution in [0.15, 0.2) is 42.5 Å². The number of methoxy groups -OCH3 is 2. The van der Waals surface area contributed by atoms with E-state index in [1.165, 1.54) is 26.4 Å². The molecule has 0 atom stereocenters. The molecule has 0 bridgehead atoms. The third-order valence-electron chi connectivity index (χ3n) is 3.25. The van der Waals surface area contributed by atoms with Crippen LogP contribution in [0.5, 0.6) is 11.5 Å². The van der Waals surface area contributed by atoms with Gasteiger partial charge in [-0.05, 0) is 42.5 Å². The van der Waals surface area contributed by atoms with Crippen molar-refractivity contribution < 1.29 is 24.2 Å². The van der Waals surface area contributed by atoms with Crippen molar-refractivity contribution >= 4 is 34.9 Å². The molecule has 0 saturated heterocycles. The SMILES string of the molecule is COc1cccc(OC)c1C(=O)NC(=S)Nc1cccc(C(=O)O)c1. The number of carboxylic acid groups (broad SMARTS) is 1. The fourth-order valence-electron chi connectivity index (χ4n) is 2.13. The molecule has 25 heavy (non-hydrogen) atoms. The largest absolute Gasteiger partial charge is 0.496 e. The minimum atomic E-state index is -1.06. The number of ether oxygens (including phenoxy) is 2.